The lowest BCUT2D eigenvalue weighted by Crippen LogP contribution is -2.52. The zero-order chi connectivity index (χ0) is 23.4. The highest BCUT2D eigenvalue weighted by Crippen LogP contribution is 2.37. The Bertz CT molecular complexity index is 1320. The number of hydrogen-bond donors (Lipinski definition) is 1. The van der Waals surface area contributed by atoms with Crippen molar-refractivity contribution in [3.05, 3.63) is 50.9 Å². The topological polar surface area (TPSA) is 94.6 Å². The van der Waals surface area contributed by atoms with Gasteiger partial charge in [-0.3, -0.25) is 14.6 Å². The number of carbonyl (C=O) groups is 1. The zero-order valence-corrected chi connectivity index (χ0v) is 20.3. The number of rotatable bonds is 3. The van der Waals surface area contributed by atoms with E-state index in [1.165, 1.54) is 9.71 Å². The maximum Gasteiger partial charge on any atom is 0.255 e. The fourth-order valence-corrected chi connectivity index (χ4v) is 6.56. The molecule has 0 radical (unpaired) electrons. The SMILES string of the molecule is CC1(C)C(C(=O)N2CCC(c3nc4ccccc4s3)CC2)C=NN1c1nc2c(c(=O)[nH]1)CCC2. The van der Waals surface area contributed by atoms with Gasteiger partial charge in [0.2, 0.25) is 11.9 Å². The van der Waals surface area contributed by atoms with Crippen molar-refractivity contribution in [3.63, 3.8) is 0 Å². The maximum atomic E-state index is 13.5. The van der Waals surface area contributed by atoms with Crippen LogP contribution in [0.5, 0.6) is 0 Å². The minimum Gasteiger partial charge on any atom is -0.342 e. The van der Waals surface area contributed by atoms with Crippen LogP contribution in [-0.2, 0) is 17.6 Å². The first-order valence-corrected chi connectivity index (χ1v) is 12.8. The van der Waals surface area contributed by atoms with E-state index in [-0.39, 0.29) is 11.5 Å². The average Bonchev–Trinajstić information content (AvgIpc) is 3.55. The smallest absolute Gasteiger partial charge is 0.255 e. The van der Waals surface area contributed by atoms with Gasteiger partial charge in [0.25, 0.3) is 5.56 Å². The van der Waals surface area contributed by atoms with E-state index in [1.54, 1.807) is 22.6 Å². The molecule has 0 saturated carbocycles. The van der Waals surface area contributed by atoms with Crippen LogP contribution in [-0.4, -0.2) is 50.6 Å². The van der Waals surface area contributed by atoms with Crippen LogP contribution in [0, 0.1) is 5.92 Å². The summed E-state index contributed by atoms with van der Waals surface area (Å²) in [4.78, 5) is 40.4. The van der Waals surface area contributed by atoms with Crippen LogP contribution in [0.1, 0.15) is 55.3 Å². The number of hydrogen-bond acceptors (Lipinski definition) is 7. The minimum absolute atomic E-state index is 0.0857. The monoisotopic (exact) mass is 476 g/mol. The van der Waals surface area contributed by atoms with Crippen molar-refractivity contribution >= 4 is 39.6 Å². The molecule has 4 heterocycles. The molecule has 3 aliphatic rings. The Hall–Kier alpha value is -3.07. The number of aromatic amines is 1. The summed E-state index contributed by atoms with van der Waals surface area (Å²) >= 11 is 1.77. The summed E-state index contributed by atoms with van der Waals surface area (Å²) in [6.07, 6.45) is 6.10. The second-order valence-corrected chi connectivity index (χ2v) is 11.1. The summed E-state index contributed by atoms with van der Waals surface area (Å²) in [6, 6.07) is 8.25. The van der Waals surface area contributed by atoms with Gasteiger partial charge < -0.3 is 4.90 Å². The molecular weight excluding hydrogens is 448 g/mol. The molecule has 1 fully saturated rings. The van der Waals surface area contributed by atoms with Crippen LogP contribution in [0.2, 0.25) is 0 Å². The highest BCUT2D eigenvalue weighted by Gasteiger charge is 2.47. The third kappa shape index (κ3) is 3.45. The molecule has 1 saturated heterocycles. The van der Waals surface area contributed by atoms with E-state index >= 15 is 0 Å². The summed E-state index contributed by atoms with van der Waals surface area (Å²) in [5, 5.41) is 7.42. The number of thiazole rings is 1. The first-order valence-electron chi connectivity index (χ1n) is 12.0. The van der Waals surface area contributed by atoms with Crippen LogP contribution in [0.4, 0.5) is 5.95 Å². The van der Waals surface area contributed by atoms with Gasteiger partial charge >= 0.3 is 0 Å². The number of benzene rings is 1. The van der Waals surface area contributed by atoms with Crippen molar-refractivity contribution in [3.8, 4) is 0 Å². The third-order valence-electron chi connectivity index (χ3n) is 7.50. The molecule has 8 nitrogen and oxygen atoms in total. The number of hydrazone groups is 1. The predicted octanol–water partition coefficient (Wildman–Crippen LogP) is 3.48. The van der Waals surface area contributed by atoms with E-state index in [9.17, 15) is 9.59 Å². The standard InChI is InChI=1S/C25H28N6O2S/c1-25(2)17(14-26-31(25)24-28-18-8-5-6-16(18)21(32)29-24)23(33)30-12-10-15(11-13-30)22-27-19-7-3-4-9-20(19)34-22/h3-4,7,9,14-15,17H,5-6,8,10-13H2,1-2H3,(H,28,29,32). The van der Waals surface area contributed by atoms with Gasteiger partial charge in [-0.2, -0.15) is 5.10 Å². The molecule has 9 heteroatoms. The molecule has 1 aromatic carbocycles. The number of anilines is 1. The van der Waals surface area contributed by atoms with Gasteiger partial charge in [0.05, 0.1) is 32.4 Å². The Kier molecular flexibility index (Phi) is 5.05. The number of H-pyrrole nitrogens is 1. The number of nitrogens with one attached hydrogen (secondary N) is 1. The Morgan fingerprint density at radius 1 is 1.15 bits per heavy atom. The molecule has 34 heavy (non-hydrogen) atoms. The molecule has 3 aromatic rings. The van der Waals surface area contributed by atoms with E-state index in [0.29, 0.717) is 25.0 Å². The van der Waals surface area contributed by atoms with E-state index < -0.39 is 11.5 Å². The Morgan fingerprint density at radius 2 is 1.94 bits per heavy atom. The summed E-state index contributed by atoms with van der Waals surface area (Å²) in [5.74, 6) is 0.508. The van der Waals surface area contributed by atoms with Gasteiger partial charge in [-0.25, -0.2) is 15.0 Å². The summed E-state index contributed by atoms with van der Waals surface area (Å²) < 4.78 is 1.22. The maximum absolute atomic E-state index is 13.5. The quantitative estimate of drug-likeness (QED) is 0.625. The molecule has 6 rings (SSSR count). The number of para-hydroxylation sites is 1. The van der Waals surface area contributed by atoms with Gasteiger partial charge in [-0.15, -0.1) is 11.3 Å². The van der Waals surface area contributed by atoms with Gasteiger partial charge in [0.15, 0.2) is 0 Å². The highest BCUT2D eigenvalue weighted by molar-refractivity contribution is 7.18. The molecule has 1 atom stereocenters. The number of amides is 1. The van der Waals surface area contributed by atoms with Crippen molar-refractivity contribution < 1.29 is 4.79 Å². The lowest BCUT2D eigenvalue weighted by Gasteiger charge is -2.38. The second-order valence-electron chi connectivity index (χ2n) is 10.00. The van der Waals surface area contributed by atoms with Crippen molar-refractivity contribution in [2.45, 2.75) is 57.4 Å². The lowest BCUT2D eigenvalue weighted by atomic mass is 9.86. The van der Waals surface area contributed by atoms with Crippen molar-refractivity contribution in [1.82, 2.24) is 19.9 Å². The van der Waals surface area contributed by atoms with Gasteiger partial charge in [-0.05, 0) is 58.1 Å². The van der Waals surface area contributed by atoms with Crippen LogP contribution < -0.4 is 10.6 Å². The van der Waals surface area contributed by atoms with E-state index in [0.717, 1.165) is 48.9 Å². The fourth-order valence-electron chi connectivity index (χ4n) is 5.43. The second kappa shape index (κ2) is 8.01. The molecule has 1 N–H and O–H groups in total. The van der Waals surface area contributed by atoms with E-state index in [4.69, 9.17) is 4.98 Å². The first-order chi connectivity index (χ1) is 16.4. The van der Waals surface area contributed by atoms with Crippen LogP contribution >= 0.6 is 11.3 Å². The van der Waals surface area contributed by atoms with Crippen molar-refractivity contribution in [2.24, 2.45) is 11.0 Å². The normalized spacial score (nSPS) is 22.0. The number of nitrogens with zero attached hydrogens (tertiary/aromatic N) is 5. The molecule has 2 aromatic heterocycles. The molecular formula is C25H28N6O2S. The predicted molar refractivity (Wildman–Crippen MR) is 134 cm³/mol. The average molecular weight is 477 g/mol. The number of carbonyl (C=O) groups excluding carboxylic acids is 1. The molecule has 2 aliphatic heterocycles. The highest BCUT2D eigenvalue weighted by atomic mass is 32.1. The number of aromatic nitrogens is 3. The fraction of sp³-hybridized carbons (Fsp3) is 0.480. The number of fused-ring (bicyclic) bond motifs is 2. The van der Waals surface area contributed by atoms with E-state index in [2.05, 4.69) is 27.2 Å². The molecule has 1 unspecified atom stereocenters. The van der Waals surface area contributed by atoms with Gasteiger partial charge in [0, 0.05) is 30.8 Å². The van der Waals surface area contributed by atoms with E-state index in [1.807, 2.05) is 30.9 Å². The largest absolute Gasteiger partial charge is 0.342 e. The van der Waals surface area contributed by atoms with Crippen LogP contribution in [0.15, 0.2) is 34.2 Å². The first kappa shape index (κ1) is 21.5. The van der Waals surface area contributed by atoms with Crippen LogP contribution in [0.3, 0.4) is 0 Å². The number of aryl methyl sites for hydroxylation is 1. The van der Waals surface area contributed by atoms with Crippen molar-refractivity contribution in [2.75, 3.05) is 18.1 Å². The molecule has 0 bridgehead atoms. The molecule has 1 amide bonds. The minimum atomic E-state index is -0.621. The van der Waals surface area contributed by atoms with Gasteiger partial charge in [0.1, 0.15) is 0 Å². The number of likely N-dealkylation sites (tertiary alicyclic amines) is 1. The summed E-state index contributed by atoms with van der Waals surface area (Å²) in [6.45, 7) is 5.41. The summed E-state index contributed by atoms with van der Waals surface area (Å²) in [5.41, 5.74) is 1.99. The lowest BCUT2D eigenvalue weighted by molar-refractivity contribution is -0.135. The zero-order valence-electron chi connectivity index (χ0n) is 19.5. The van der Waals surface area contributed by atoms with Crippen LogP contribution in [0.25, 0.3) is 10.2 Å². The Morgan fingerprint density at radius 3 is 2.74 bits per heavy atom. The van der Waals surface area contributed by atoms with Gasteiger partial charge in [-0.1, -0.05) is 12.1 Å². The molecule has 176 valence electrons. The molecule has 0 spiro atoms. The molecule has 1 aliphatic carbocycles. The summed E-state index contributed by atoms with van der Waals surface area (Å²) in [7, 11) is 0. The Labute approximate surface area is 201 Å². The number of piperidine rings is 1. The third-order valence-corrected chi connectivity index (χ3v) is 8.70. The Balaban J connectivity index is 1.15. The van der Waals surface area contributed by atoms with Crippen molar-refractivity contribution in [1.29, 1.82) is 0 Å².